The topological polar surface area (TPSA) is 88.1 Å². The van der Waals surface area contributed by atoms with E-state index in [1.54, 1.807) is 39.0 Å². The molecule has 0 fully saturated rings. The molecule has 0 N–H and O–H groups in total. The van der Waals surface area contributed by atoms with E-state index in [2.05, 4.69) is 0 Å². The SMILES string of the molecule is CCOC(=O)/C(C)=C/CCC(C)c1cc(OS(=O)(=O)c2ccc(C)cc2)c(C)c(OC)c1OCc1ccccc1. The maximum Gasteiger partial charge on any atom is 0.339 e. The summed E-state index contributed by atoms with van der Waals surface area (Å²) in [6.07, 6.45) is 3.12. The molecule has 0 saturated carbocycles. The van der Waals surface area contributed by atoms with Crippen LogP contribution in [-0.2, 0) is 26.3 Å². The highest BCUT2D eigenvalue weighted by molar-refractivity contribution is 7.87. The van der Waals surface area contributed by atoms with Crippen molar-refractivity contribution in [1.29, 1.82) is 0 Å². The van der Waals surface area contributed by atoms with Gasteiger partial charge < -0.3 is 18.4 Å². The van der Waals surface area contributed by atoms with Gasteiger partial charge in [-0.05, 0) is 70.2 Å². The van der Waals surface area contributed by atoms with Crippen LogP contribution in [0.4, 0.5) is 0 Å². The molecule has 3 aromatic carbocycles. The summed E-state index contributed by atoms with van der Waals surface area (Å²) in [7, 11) is -2.56. The van der Waals surface area contributed by atoms with Gasteiger partial charge in [-0.2, -0.15) is 8.42 Å². The van der Waals surface area contributed by atoms with Gasteiger partial charge in [-0.15, -0.1) is 0 Å². The van der Waals surface area contributed by atoms with E-state index in [-0.39, 0.29) is 22.5 Å². The molecule has 1 unspecified atom stereocenters. The Balaban J connectivity index is 1.99. The van der Waals surface area contributed by atoms with Crippen molar-refractivity contribution in [3.05, 3.63) is 94.6 Å². The highest BCUT2D eigenvalue weighted by Crippen LogP contribution is 2.45. The van der Waals surface area contributed by atoms with Gasteiger partial charge in [0.05, 0.1) is 13.7 Å². The molecule has 0 bridgehead atoms. The smallest absolute Gasteiger partial charge is 0.339 e. The van der Waals surface area contributed by atoms with Crippen LogP contribution in [0, 0.1) is 13.8 Å². The fourth-order valence-electron chi connectivity index (χ4n) is 4.21. The normalized spacial score (nSPS) is 12.5. The van der Waals surface area contributed by atoms with Crippen LogP contribution in [-0.4, -0.2) is 28.1 Å². The largest absolute Gasteiger partial charge is 0.492 e. The van der Waals surface area contributed by atoms with Gasteiger partial charge >= 0.3 is 16.1 Å². The molecule has 0 radical (unpaired) electrons. The lowest BCUT2D eigenvalue weighted by atomic mass is 9.93. The Morgan fingerprint density at radius 1 is 1.00 bits per heavy atom. The van der Waals surface area contributed by atoms with Gasteiger partial charge in [-0.1, -0.05) is 61.0 Å². The van der Waals surface area contributed by atoms with E-state index < -0.39 is 10.1 Å². The summed E-state index contributed by atoms with van der Waals surface area (Å²) in [5.74, 6) is 0.687. The van der Waals surface area contributed by atoms with Gasteiger partial charge in [0.15, 0.2) is 11.5 Å². The summed E-state index contributed by atoms with van der Waals surface area (Å²) in [4.78, 5) is 12.1. The lowest BCUT2D eigenvalue weighted by molar-refractivity contribution is -0.138. The second-order valence-electron chi connectivity index (χ2n) is 9.66. The molecule has 0 amide bonds. The van der Waals surface area contributed by atoms with Crippen molar-refractivity contribution in [2.75, 3.05) is 13.7 Å². The number of methoxy groups -OCH3 is 1. The van der Waals surface area contributed by atoms with Gasteiger partial charge in [0.25, 0.3) is 0 Å². The number of esters is 1. The first kappa shape index (κ1) is 30.8. The molecule has 8 heteroatoms. The molecule has 7 nitrogen and oxygen atoms in total. The van der Waals surface area contributed by atoms with Crippen molar-refractivity contribution in [1.82, 2.24) is 0 Å². The second-order valence-corrected chi connectivity index (χ2v) is 11.2. The number of aryl methyl sites for hydroxylation is 1. The lowest BCUT2D eigenvalue weighted by Gasteiger charge is -2.23. The molecule has 40 heavy (non-hydrogen) atoms. The first-order valence-corrected chi connectivity index (χ1v) is 14.7. The quantitative estimate of drug-likeness (QED) is 0.124. The van der Waals surface area contributed by atoms with Gasteiger partial charge in [-0.25, -0.2) is 4.79 Å². The Labute approximate surface area is 237 Å². The van der Waals surface area contributed by atoms with Gasteiger partial charge in [0, 0.05) is 16.7 Å². The number of hydrogen-bond acceptors (Lipinski definition) is 7. The number of ether oxygens (including phenoxy) is 3. The Morgan fingerprint density at radius 3 is 2.30 bits per heavy atom. The number of hydrogen-bond donors (Lipinski definition) is 0. The molecular formula is C32H38O7S. The average Bonchev–Trinajstić information content (AvgIpc) is 2.93. The van der Waals surface area contributed by atoms with Crippen LogP contribution in [0.3, 0.4) is 0 Å². The molecule has 214 valence electrons. The van der Waals surface area contributed by atoms with E-state index >= 15 is 0 Å². The van der Waals surface area contributed by atoms with Crippen molar-refractivity contribution >= 4 is 16.1 Å². The van der Waals surface area contributed by atoms with Crippen LogP contribution in [0.2, 0.25) is 0 Å². The first-order chi connectivity index (χ1) is 19.1. The fourth-order valence-corrected chi connectivity index (χ4v) is 5.19. The molecule has 1 atom stereocenters. The van der Waals surface area contributed by atoms with E-state index in [1.165, 1.54) is 19.2 Å². The molecule has 0 aliphatic heterocycles. The van der Waals surface area contributed by atoms with Crippen LogP contribution >= 0.6 is 0 Å². The number of carbonyl (C=O) groups is 1. The summed E-state index contributed by atoms with van der Waals surface area (Å²) in [5.41, 5.74) is 3.73. The van der Waals surface area contributed by atoms with Gasteiger partial charge in [-0.3, -0.25) is 0 Å². The van der Waals surface area contributed by atoms with E-state index in [9.17, 15) is 13.2 Å². The Hall–Kier alpha value is -3.78. The third-order valence-corrected chi connectivity index (χ3v) is 7.83. The number of benzene rings is 3. The maximum absolute atomic E-state index is 13.2. The van der Waals surface area contributed by atoms with Crippen LogP contribution in [0.1, 0.15) is 61.8 Å². The van der Waals surface area contributed by atoms with Crippen molar-refractivity contribution in [2.24, 2.45) is 0 Å². The number of rotatable bonds is 13. The predicted octanol–water partition coefficient (Wildman–Crippen LogP) is 7.05. The Morgan fingerprint density at radius 2 is 1.68 bits per heavy atom. The van der Waals surface area contributed by atoms with Crippen LogP contribution in [0.5, 0.6) is 17.2 Å². The molecule has 0 aliphatic rings. The maximum atomic E-state index is 13.2. The third kappa shape index (κ3) is 7.88. The Bertz CT molecular complexity index is 1430. The van der Waals surface area contributed by atoms with E-state index in [4.69, 9.17) is 18.4 Å². The van der Waals surface area contributed by atoms with Gasteiger partial charge in [0.2, 0.25) is 0 Å². The molecule has 0 saturated heterocycles. The zero-order chi connectivity index (χ0) is 29.3. The fraction of sp³-hybridized carbons (Fsp3) is 0.344. The van der Waals surface area contributed by atoms with Crippen LogP contribution in [0.15, 0.2) is 77.2 Å². The molecule has 0 aliphatic carbocycles. The zero-order valence-electron chi connectivity index (χ0n) is 24.0. The molecular weight excluding hydrogens is 528 g/mol. The average molecular weight is 567 g/mol. The highest BCUT2D eigenvalue weighted by Gasteiger charge is 2.26. The summed E-state index contributed by atoms with van der Waals surface area (Å²) in [6.45, 7) is 9.78. The predicted molar refractivity (Wildman–Crippen MR) is 156 cm³/mol. The highest BCUT2D eigenvalue weighted by atomic mass is 32.2. The number of allylic oxidation sites excluding steroid dienone is 1. The van der Waals surface area contributed by atoms with Gasteiger partial charge in [0.1, 0.15) is 17.3 Å². The molecule has 0 aromatic heterocycles. The first-order valence-electron chi connectivity index (χ1n) is 13.3. The van der Waals surface area contributed by atoms with E-state index in [0.29, 0.717) is 48.7 Å². The van der Waals surface area contributed by atoms with Crippen LogP contribution < -0.4 is 13.7 Å². The van der Waals surface area contributed by atoms with Crippen LogP contribution in [0.25, 0.3) is 0 Å². The zero-order valence-corrected chi connectivity index (χ0v) is 24.8. The minimum Gasteiger partial charge on any atom is -0.492 e. The summed E-state index contributed by atoms with van der Waals surface area (Å²) in [6, 6.07) is 18.0. The third-order valence-electron chi connectivity index (χ3n) is 6.58. The van der Waals surface area contributed by atoms with E-state index in [0.717, 1.165) is 16.7 Å². The number of carbonyl (C=O) groups excluding carboxylic acids is 1. The van der Waals surface area contributed by atoms with Crippen molar-refractivity contribution in [3.8, 4) is 17.2 Å². The van der Waals surface area contributed by atoms with Crippen molar-refractivity contribution in [2.45, 2.75) is 64.9 Å². The minimum absolute atomic E-state index is 0.0649. The summed E-state index contributed by atoms with van der Waals surface area (Å²) >= 11 is 0. The summed E-state index contributed by atoms with van der Waals surface area (Å²) in [5, 5.41) is 0. The van der Waals surface area contributed by atoms with Crippen molar-refractivity contribution < 1.29 is 31.6 Å². The summed E-state index contributed by atoms with van der Waals surface area (Å²) < 4.78 is 49.1. The molecule has 3 aromatic rings. The molecule has 0 spiro atoms. The van der Waals surface area contributed by atoms with Crippen molar-refractivity contribution in [3.63, 3.8) is 0 Å². The van der Waals surface area contributed by atoms with E-state index in [1.807, 2.05) is 50.3 Å². The molecule has 0 heterocycles. The molecule has 3 rings (SSSR count). The Kier molecular flexibility index (Phi) is 10.8. The lowest BCUT2D eigenvalue weighted by Crippen LogP contribution is -2.12. The second kappa shape index (κ2) is 14.0. The standard InChI is InChI=1S/C32H38O7S/c1-7-37-32(33)24(4)13-11-12-23(3)28-20-29(39-40(34,35)27-18-16-22(2)17-19-27)25(5)30(36-6)31(28)38-21-26-14-9-8-10-15-26/h8-10,13-20,23H,7,11-12,21H2,1-6H3/b24-13+. The monoisotopic (exact) mass is 566 g/mol. The minimum atomic E-state index is -4.09.